The molecule has 5 nitrogen and oxygen atoms in total. The molecule has 174 valence electrons. The van der Waals surface area contributed by atoms with Crippen LogP contribution in [0.5, 0.6) is 0 Å². The van der Waals surface area contributed by atoms with Crippen LogP contribution in [-0.4, -0.2) is 52.9 Å². The van der Waals surface area contributed by atoms with Gasteiger partial charge in [0.25, 0.3) is 0 Å². The molecule has 0 aromatic heterocycles. The summed E-state index contributed by atoms with van der Waals surface area (Å²) in [7, 11) is 0. The second-order valence-corrected chi connectivity index (χ2v) is 9.34. The van der Waals surface area contributed by atoms with E-state index in [4.69, 9.17) is 5.11 Å². The maximum Gasteiger partial charge on any atom is 0.415 e. The lowest BCUT2D eigenvalue weighted by Gasteiger charge is -2.43. The Kier molecular flexibility index (Phi) is 7.33. The van der Waals surface area contributed by atoms with E-state index in [0.717, 1.165) is 42.4 Å². The molecule has 2 atom stereocenters. The predicted molar refractivity (Wildman–Crippen MR) is 111 cm³/mol. The molecule has 1 aliphatic heterocycles. The molecule has 1 heterocycles. The molecular weight excluding hydrogens is 409 g/mol. The van der Waals surface area contributed by atoms with Gasteiger partial charge in [0.15, 0.2) is 6.10 Å². The van der Waals surface area contributed by atoms with Crippen LogP contribution in [0.4, 0.5) is 13.2 Å². The van der Waals surface area contributed by atoms with Crippen LogP contribution >= 0.6 is 0 Å². The van der Waals surface area contributed by atoms with Crippen LogP contribution in [-0.2, 0) is 16.8 Å². The number of fused-ring (bicyclic) bond motifs is 1. The summed E-state index contributed by atoms with van der Waals surface area (Å²) in [5.74, 6) is 0.0267. The van der Waals surface area contributed by atoms with Gasteiger partial charge in [-0.2, -0.15) is 13.2 Å². The van der Waals surface area contributed by atoms with Crippen LogP contribution in [0.25, 0.3) is 0 Å². The summed E-state index contributed by atoms with van der Waals surface area (Å²) < 4.78 is 37.6. The van der Waals surface area contributed by atoms with Crippen LogP contribution in [0.2, 0.25) is 0 Å². The van der Waals surface area contributed by atoms with E-state index in [9.17, 15) is 23.1 Å². The van der Waals surface area contributed by atoms with Crippen molar-refractivity contribution in [1.82, 2.24) is 10.2 Å². The SMILES string of the molecule is CC(C)(O)c1ccc2c(c1)C(C1CCCCC1)N(C(=O)CNCC(O)C(F)(F)F)CC2. The van der Waals surface area contributed by atoms with Gasteiger partial charge in [-0.1, -0.05) is 37.5 Å². The first kappa shape index (κ1) is 24.0. The van der Waals surface area contributed by atoms with Crippen LogP contribution in [0.1, 0.15) is 68.7 Å². The normalized spacial score (nSPS) is 21.6. The molecule has 3 N–H and O–H groups in total. The first-order chi connectivity index (χ1) is 14.5. The third-order valence-corrected chi connectivity index (χ3v) is 6.54. The average molecular weight is 443 g/mol. The van der Waals surface area contributed by atoms with E-state index >= 15 is 0 Å². The lowest BCUT2D eigenvalue weighted by Crippen LogP contribution is -2.48. The number of nitrogens with one attached hydrogen (secondary N) is 1. The molecule has 0 spiro atoms. The zero-order chi connectivity index (χ0) is 22.8. The van der Waals surface area contributed by atoms with Gasteiger partial charge in [-0.3, -0.25) is 4.79 Å². The van der Waals surface area contributed by atoms with E-state index in [0.29, 0.717) is 13.0 Å². The molecule has 1 fully saturated rings. The van der Waals surface area contributed by atoms with Gasteiger partial charge >= 0.3 is 6.18 Å². The number of nitrogens with zero attached hydrogens (tertiary/aromatic N) is 1. The molecule has 0 bridgehead atoms. The number of benzene rings is 1. The highest BCUT2D eigenvalue weighted by molar-refractivity contribution is 5.79. The second-order valence-electron chi connectivity index (χ2n) is 9.34. The molecule has 2 unspecified atom stereocenters. The van der Waals surface area contributed by atoms with Crippen molar-refractivity contribution in [3.63, 3.8) is 0 Å². The molecule has 1 saturated carbocycles. The molecule has 8 heteroatoms. The summed E-state index contributed by atoms with van der Waals surface area (Å²) in [5, 5.41) is 22.1. The fourth-order valence-electron chi connectivity index (χ4n) is 4.80. The number of halogens is 3. The summed E-state index contributed by atoms with van der Waals surface area (Å²) >= 11 is 0. The Balaban J connectivity index is 1.82. The molecule has 1 aromatic rings. The Morgan fingerprint density at radius 1 is 1.23 bits per heavy atom. The standard InChI is InChI=1S/C23H33F3N2O3/c1-22(2,31)17-9-8-15-10-11-28(20(30)14-27-13-19(29)23(24,25)26)21(18(15)12-17)16-6-4-3-5-7-16/h8-9,12,16,19,21,27,29,31H,3-7,10-11,13-14H2,1-2H3. The molecular formula is C23H33F3N2O3. The molecule has 1 aliphatic carbocycles. The van der Waals surface area contributed by atoms with E-state index in [1.165, 1.54) is 6.42 Å². The molecule has 1 aromatic carbocycles. The largest absolute Gasteiger partial charge is 0.415 e. The summed E-state index contributed by atoms with van der Waals surface area (Å²) in [6.45, 7) is 3.00. The number of carbonyl (C=O) groups is 1. The van der Waals surface area contributed by atoms with Crippen LogP contribution in [0, 0.1) is 5.92 Å². The Bertz CT molecular complexity index is 770. The van der Waals surface area contributed by atoms with Gasteiger partial charge in [-0.25, -0.2) is 0 Å². The number of hydrogen-bond donors (Lipinski definition) is 3. The fourth-order valence-corrected chi connectivity index (χ4v) is 4.80. The topological polar surface area (TPSA) is 72.8 Å². The highest BCUT2D eigenvalue weighted by Crippen LogP contribution is 2.43. The van der Waals surface area contributed by atoms with Gasteiger partial charge in [0.05, 0.1) is 18.2 Å². The fraction of sp³-hybridized carbons (Fsp3) is 0.696. The molecule has 1 amide bonds. The third kappa shape index (κ3) is 5.79. The molecule has 31 heavy (non-hydrogen) atoms. The van der Waals surface area contributed by atoms with Gasteiger partial charge in [0.1, 0.15) is 0 Å². The minimum absolute atomic E-state index is 0.145. The van der Waals surface area contributed by atoms with Crippen LogP contribution < -0.4 is 5.32 Å². The first-order valence-corrected chi connectivity index (χ1v) is 11.1. The molecule has 2 aliphatic rings. The Labute approximate surface area is 181 Å². The quantitative estimate of drug-likeness (QED) is 0.631. The van der Waals surface area contributed by atoms with E-state index in [1.807, 2.05) is 18.2 Å². The van der Waals surface area contributed by atoms with Gasteiger partial charge in [-0.05, 0) is 55.7 Å². The van der Waals surface area contributed by atoms with Crippen molar-refractivity contribution in [3.05, 3.63) is 34.9 Å². The number of amides is 1. The highest BCUT2D eigenvalue weighted by Gasteiger charge is 2.39. The van der Waals surface area contributed by atoms with Gasteiger partial charge < -0.3 is 20.4 Å². The van der Waals surface area contributed by atoms with Gasteiger partial charge in [-0.15, -0.1) is 0 Å². The van der Waals surface area contributed by atoms with Gasteiger partial charge in [0, 0.05) is 13.1 Å². The Morgan fingerprint density at radius 3 is 2.52 bits per heavy atom. The van der Waals surface area contributed by atoms with E-state index in [2.05, 4.69) is 5.32 Å². The molecule has 0 radical (unpaired) electrons. The van der Waals surface area contributed by atoms with Crippen molar-refractivity contribution in [3.8, 4) is 0 Å². The minimum Gasteiger partial charge on any atom is -0.386 e. The highest BCUT2D eigenvalue weighted by atomic mass is 19.4. The van der Waals surface area contributed by atoms with Crippen molar-refractivity contribution in [2.75, 3.05) is 19.6 Å². The number of aliphatic hydroxyl groups excluding tert-OH is 1. The molecule has 3 rings (SSSR count). The van der Waals surface area contributed by atoms with Crippen LogP contribution in [0.3, 0.4) is 0 Å². The average Bonchev–Trinajstić information content (AvgIpc) is 2.71. The number of carbonyl (C=O) groups excluding carboxylic acids is 1. The maximum absolute atomic E-state index is 13.0. The molecule has 0 saturated heterocycles. The zero-order valence-corrected chi connectivity index (χ0v) is 18.2. The summed E-state index contributed by atoms with van der Waals surface area (Å²) in [6.07, 6.45) is -1.17. The first-order valence-electron chi connectivity index (χ1n) is 11.1. The second kappa shape index (κ2) is 9.46. The number of aliphatic hydroxyl groups is 2. The zero-order valence-electron chi connectivity index (χ0n) is 18.2. The van der Waals surface area contributed by atoms with E-state index in [1.54, 1.807) is 18.7 Å². The lowest BCUT2D eigenvalue weighted by atomic mass is 9.76. The lowest BCUT2D eigenvalue weighted by molar-refractivity contribution is -0.201. The van der Waals surface area contributed by atoms with Crippen molar-refractivity contribution in [2.45, 2.75) is 76.3 Å². The third-order valence-electron chi connectivity index (χ3n) is 6.54. The number of rotatable bonds is 6. The van der Waals surface area contributed by atoms with Crippen molar-refractivity contribution in [2.24, 2.45) is 5.92 Å². The van der Waals surface area contributed by atoms with Crippen molar-refractivity contribution >= 4 is 5.91 Å². The van der Waals surface area contributed by atoms with Crippen molar-refractivity contribution < 1.29 is 28.2 Å². The predicted octanol–water partition coefficient (Wildman–Crippen LogP) is 3.43. The van der Waals surface area contributed by atoms with Crippen LogP contribution in [0.15, 0.2) is 18.2 Å². The summed E-state index contributed by atoms with van der Waals surface area (Å²) in [6, 6.07) is 5.80. The Hall–Kier alpha value is -1.64. The Morgan fingerprint density at radius 2 is 1.90 bits per heavy atom. The maximum atomic E-state index is 13.0. The van der Waals surface area contributed by atoms with Crippen molar-refractivity contribution in [1.29, 1.82) is 0 Å². The smallest absolute Gasteiger partial charge is 0.386 e. The van der Waals surface area contributed by atoms with Gasteiger partial charge in [0.2, 0.25) is 5.91 Å². The summed E-state index contributed by atoms with van der Waals surface area (Å²) in [4.78, 5) is 14.8. The monoisotopic (exact) mass is 442 g/mol. The summed E-state index contributed by atoms with van der Waals surface area (Å²) in [5.41, 5.74) is 1.98. The van der Waals surface area contributed by atoms with E-state index in [-0.39, 0.29) is 24.4 Å². The number of hydrogen-bond acceptors (Lipinski definition) is 4. The van der Waals surface area contributed by atoms with E-state index < -0.39 is 24.4 Å². The number of alkyl halides is 3. The minimum atomic E-state index is -4.71.